The number of rotatable bonds is 1. The lowest BCUT2D eigenvalue weighted by atomic mass is 10.3. The van der Waals surface area contributed by atoms with Crippen LogP contribution in [0.15, 0.2) is 22.8 Å². The summed E-state index contributed by atoms with van der Waals surface area (Å²) in [5.41, 5.74) is 0. The molecule has 1 aliphatic rings. The zero-order chi connectivity index (χ0) is 9.97. The van der Waals surface area contributed by atoms with Crippen molar-refractivity contribution in [3.8, 4) is 0 Å². The number of pyridine rings is 1. The lowest BCUT2D eigenvalue weighted by molar-refractivity contribution is 0.769. The van der Waals surface area contributed by atoms with Gasteiger partial charge in [-0.1, -0.05) is 13.0 Å². The van der Waals surface area contributed by atoms with Crippen LogP contribution in [0.5, 0.6) is 0 Å². The molecule has 0 N–H and O–H groups in total. The van der Waals surface area contributed by atoms with Gasteiger partial charge in [0.1, 0.15) is 10.4 Å². The Bertz CT molecular complexity index is 319. The molecule has 0 radical (unpaired) electrons. The number of nitrogens with zero attached hydrogens (tertiary/aromatic N) is 2. The van der Waals surface area contributed by atoms with Crippen LogP contribution in [0, 0.1) is 0 Å². The van der Waals surface area contributed by atoms with Gasteiger partial charge in [0, 0.05) is 24.1 Å². The SMILES string of the molecule is CC1CN(c2cccc(Br)n2)CCS1. The standard InChI is InChI=1S/C10H13BrN2S/c1-8-7-13(5-6-14-8)10-4-2-3-9(11)12-10/h2-4,8H,5-7H2,1H3. The molecule has 1 atom stereocenters. The van der Waals surface area contributed by atoms with E-state index in [1.165, 1.54) is 5.75 Å². The first-order valence-corrected chi connectivity index (χ1v) is 6.59. The van der Waals surface area contributed by atoms with Gasteiger partial charge < -0.3 is 4.90 Å². The van der Waals surface area contributed by atoms with Crippen molar-refractivity contribution in [3.05, 3.63) is 22.8 Å². The number of halogens is 1. The fourth-order valence-electron chi connectivity index (χ4n) is 1.60. The van der Waals surface area contributed by atoms with Crippen LogP contribution in [0.3, 0.4) is 0 Å². The van der Waals surface area contributed by atoms with E-state index in [1.54, 1.807) is 0 Å². The fourth-order valence-corrected chi connectivity index (χ4v) is 2.95. The highest BCUT2D eigenvalue weighted by atomic mass is 79.9. The van der Waals surface area contributed by atoms with E-state index < -0.39 is 0 Å². The highest BCUT2D eigenvalue weighted by Crippen LogP contribution is 2.23. The Balaban J connectivity index is 2.14. The summed E-state index contributed by atoms with van der Waals surface area (Å²) in [6.45, 7) is 4.49. The molecule has 0 aromatic carbocycles. The highest BCUT2D eigenvalue weighted by molar-refractivity contribution is 9.10. The van der Waals surface area contributed by atoms with E-state index in [0.29, 0.717) is 5.25 Å². The van der Waals surface area contributed by atoms with E-state index in [2.05, 4.69) is 38.8 Å². The molecule has 4 heteroatoms. The molecule has 0 saturated carbocycles. The molecule has 2 nitrogen and oxygen atoms in total. The van der Waals surface area contributed by atoms with E-state index in [-0.39, 0.29) is 0 Å². The number of thioether (sulfide) groups is 1. The fraction of sp³-hybridized carbons (Fsp3) is 0.500. The molecule has 1 unspecified atom stereocenters. The summed E-state index contributed by atoms with van der Waals surface area (Å²) in [5.74, 6) is 2.29. The van der Waals surface area contributed by atoms with Gasteiger partial charge in [-0.15, -0.1) is 0 Å². The first kappa shape index (κ1) is 10.3. The second-order valence-electron chi connectivity index (χ2n) is 3.45. The minimum atomic E-state index is 0.713. The van der Waals surface area contributed by atoms with Crippen LogP contribution in [-0.4, -0.2) is 29.1 Å². The van der Waals surface area contributed by atoms with Crippen LogP contribution in [0.1, 0.15) is 6.92 Å². The van der Waals surface area contributed by atoms with Crippen LogP contribution in [0.4, 0.5) is 5.82 Å². The summed E-state index contributed by atoms with van der Waals surface area (Å²) in [6.07, 6.45) is 0. The lowest BCUT2D eigenvalue weighted by Crippen LogP contribution is -2.37. The van der Waals surface area contributed by atoms with Gasteiger partial charge in [-0.25, -0.2) is 4.98 Å². The summed E-state index contributed by atoms with van der Waals surface area (Å²) in [7, 11) is 0. The quantitative estimate of drug-likeness (QED) is 0.732. The summed E-state index contributed by atoms with van der Waals surface area (Å²) in [4.78, 5) is 6.82. The predicted octanol–water partition coefficient (Wildman–Crippen LogP) is 2.79. The van der Waals surface area contributed by atoms with Crippen molar-refractivity contribution in [3.63, 3.8) is 0 Å². The van der Waals surface area contributed by atoms with Crippen molar-refractivity contribution in [1.29, 1.82) is 0 Å². The van der Waals surface area contributed by atoms with E-state index in [9.17, 15) is 0 Å². The number of hydrogen-bond donors (Lipinski definition) is 0. The first-order valence-electron chi connectivity index (χ1n) is 4.75. The normalized spacial score (nSPS) is 22.4. The number of hydrogen-bond acceptors (Lipinski definition) is 3. The molecular weight excluding hydrogens is 260 g/mol. The van der Waals surface area contributed by atoms with Crippen molar-refractivity contribution in [2.75, 3.05) is 23.7 Å². The average molecular weight is 273 g/mol. The van der Waals surface area contributed by atoms with Gasteiger partial charge in [-0.3, -0.25) is 0 Å². The molecule has 76 valence electrons. The molecule has 2 heterocycles. The van der Waals surface area contributed by atoms with Crippen LogP contribution >= 0.6 is 27.7 Å². The van der Waals surface area contributed by atoms with Crippen molar-refractivity contribution in [2.24, 2.45) is 0 Å². The maximum atomic E-state index is 4.46. The third kappa shape index (κ3) is 2.42. The van der Waals surface area contributed by atoms with E-state index >= 15 is 0 Å². The Labute approximate surface area is 97.2 Å². The van der Waals surface area contributed by atoms with Gasteiger partial charge in [-0.2, -0.15) is 11.8 Å². The third-order valence-electron chi connectivity index (χ3n) is 2.27. The molecule has 1 aliphatic heterocycles. The van der Waals surface area contributed by atoms with Crippen LogP contribution in [-0.2, 0) is 0 Å². The monoisotopic (exact) mass is 272 g/mol. The van der Waals surface area contributed by atoms with Crippen LogP contribution < -0.4 is 4.90 Å². The molecule has 1 fully saturated rings. The van der Waals surface area contributed by atoms with Crippen molar-refractivity contribution in [2.45, 2.75) is 12.2 Å². The van der Waals surface area contributed by atoms with Crippen molar-refractivity contribution < 1.29 is 0 Å². The zero-order valence-corrected chi connectivity index (χ0v) is 10.5. The molecule has 1 aromatic rings. The molecular formula is C10H13BrN2S. The Morgan fingerprint density at radius 1 is 1.57 bits per heavy atom. The van der Waals surface area contributed by atoms with E-state index in [1.807, 2.05) is 23.9 Å². The van der Waals surface area contributed by atoms with Gasteiger partial charge >= 0.3 is 0 Å². The van der Waals surface area contributed by atoms with Crippen LogP contribution in [0.25, 0.3) is 0 Å². The van der Waals surface area contributed by atoms with Gasteiger partial charge in [0.15, 0.2) is 0 Å². The van der Waals surface area contributed by atoms with Gasteiger partial charge in [0.05, 0.1) is 0 Å². The van der Waals surface area contributed by atoms with Gasteiger partial charge in [-0.05, 0) is 28.1 Å². The van der Waals surface area contributed by atoms with Crippen molar-refractivity contribution >= 4 is 33.5 Å². The summed E-state index contributed by atoms with van der Waals surface area (Å²) >= 11 is 5.44. The molecule has 2 rings (SSSR count). The first-order chi connectivity index (χ1) is 6.75. The Morgan fingerprint density at radius 3 is 3.14 bits per heavy atom. The maximum Gasteiger partial charge on any atom is 0.129 e. The number of anilines is 1. The summed E-state index contributed by atoms with van der Waals surface area (Å²) in [5, 5.41) is 0.713. The highest BCUT2D eigenvalue weighted by Gasteiger charge is 2.17. The van der Waals surface area contributed by atoms with Gasteiger partial charge in [0.25, 0.3) is 0 Å². The second kappa shape index (κ2) is 4.53. The summed E-state index contributed by atoms with van der Waals surface area (Å²) in [6, 6.07) is 6.08. The average Bonchev–Trinajstić information content (AvgIpc) is 2.18. The zero-order valence-electron chi connectivity index (χ0n) is 8.11. The topological polar surface area (TPSA) is 16.1 Å². The Hall–Kier alpha value is -0.220. The second-order valence-corrected chi connectivity index (χ2v) is 5.80. The van der Waals surface area contributed by atoms with E-state index in [4.69, 9.17) is 0 Å². The predicted molar refractivity (Wildman–Crippen MR) is 66.1 cm³/mol. The summed E-state index contributed by atoms with van der Waals surface area (Å²) < 4.78 is 0.917. The van der Waals surface area contributed by atoms with Crippen molar-refractivity contribution in [1.82, 2.24) is 4.98 Å². The maximum absolute atomic E-state index is 4.46. The smallest absolute Gasteiger partial charge is 0.129 e. The molecule has 1 aromatic heterocycles. The van der Waals surface area contributed by atoms with Crippen LogP contribution in [0.2, 0.25) is 0 Å². The minimum Gasteiger partial charge on any atom is -0.355 e. The molecule has 0 aliphatic carbocycles. The van der Waals surface area contributed by atoms with Gasteiger partial charge in [0.2, 0.25) is 0 Å². The molecule has 0 bridgehead atoms. The molecule has 14 heavy (non-hydrogen) atoms. The Kier molecular flexibility index (Phi) is 3.34. The molecule has 0 spiro atoms. The minimum absolute atomic E-state index is 0.713. The molecule has 0 amide bonds. The largest absolute Gasteiger partial charge is 0.355 e. The molecule has 1 saturated heterocycles. The third-order valence-corrected chi connectivity index (χ3v) is 3.84. The Morgan fingerprint density at radius 2 is 2.43 bits per heavy atom. The van der Waals surface area contributed by atoms with E-state index in [0.717, 1.165) is 23.5 Å². The lowest BCUT2D eigenvalue weighted by Gasteiger charge is -2.31. The number of aromatic nitrogens is 1.